The highest BCUT2D eigenvalue weighted by Gasteiger charge is 2.54. The molecule has 0 saturated carbocycles. The number of carbonyl (C=O) groups excluding carboxylic acids is 4. The van der Waals surface area contributed by atoms with Gasteiger partial charge in [0.05, 0.1) is 19.8 Å². The third-order valence-electron chi connectivity index (χ3n) is 9.69. The lowest BCUT2D eigenvalue weighted by atomic mass is 9.94. The number of amides is 4. The molecule has 0 aliphatic carbocycles. The number of hydroxylamine groups is 2. The fourth-order valence-electron chi connectivity index (χ4n) is 7.24. The Labute approximate surface area is 315 Å². The van der Waals surface area contributed by atoms with Gasteiger partial charge in [0.2, 0.25) is 5.91 Å². The van der Waals surface area contributed by atoms with E-state index < -0.39 is 49.7 Å². The molecule has 53 heavy (non-hydrogen) atoms. The van der Waals surface area contributed by atoms with Crippen LogP contribution in [0.2, 0.25) is 0 Å². The summed E-state index contributed by atoms with van der Waals surface area (Å²) in [5, 5.41) is 1.17. The standard InChI is InChI=1S/C38H62N5O9P/c1-9-49-53(48,50-10-2)27-34(44)43-33-26-41(30-19-22-39(8)23-20-30)35(45)31(42(33)36(46)32(52-43)24-28(3)4)18-14-15-21-40(37(47)51-38(5,6)7)25-29-16-12-11-13-17-29/h11-13,16-17,28,30-33H,9-10,14-15,18-27H2,1-8H3/t31-,32+,33-/m0/s1. The van der Waals surface area contributed by atoms with Crippen molar-refractivity contribution in [2.45, 2.75) is 123 Å². The monoisotopic (exact) mass is 763 g/mol. The molecule has 3 aliphatic rings. The largest absolute Gasteiger partial charge is 0.444 e. The van der Waals surface area contributed by atoms with E-state index in [0.717, 1.165) is 31.5 Å². The Morgan fingerprint density at radius 2 is 1.64 bits per heavy atom. The Morgan fingerprint density at radius 3 is 2.23 bits per heavy atom. The zero-order valence-corrected chi connectivity index (χ0v) is 33.9. The number of likely N-dealkylation sites (tertiary alicyclic amines) is 1. The van der Waals surface area contributed by atoms with Crippen molar-refractivity contribution >= 4 is 31.4 Å². The van der Waals surface area contributed by atoms with E-state index in [-0.39, 0.29) is 43.5 Å². The third-order valence-corrected chi connectivity index (χ3v) is 11.7. The molecule has 3 saturated heterocycles. The number of ether oxygens (including phenoxy) is 1. The van der Waals surface area contributed by atoms with Crippen LogP contribution in [0.4, 0.5) is 4.79 Å². The Bertz CT molecular complexity index is 1420. The van der Waals surface area contributed by atoms with Gasteiger partial charge >= 0.3 is 13.7 Å². The molecule has 15 heteroatoms. The number of benzene rings is 1. The lowest BCUT2D eigenvalue weighted by molar-refractivity contribution is -0.276. The highest BCUT2D eigenvalue weighted by Crippen LogP contribution is 2.48. The van der Waals surface area contributed by atoms with Gasteiger partial charge in [-0.25, -0.2) is 4.79 Å². The molecular formula is C38H62N5O9P. The van der Waals surface area contributed by atoms with E-state index >= 15 is 0 Å². The maximum Gasteiger partial charge on any atom is 0.410 e. The van der Waals surface area contributed by atoms with Crippen molar-refractivity contribution in [2.24, 2.45) is 5.92 Å². The summed E-state index contributed by atoms with van der Waals surface area (Å²) in [6.45, 7) is 15.4. The highest BCUT2D eigenvalue weighted by atomic mass is 31.2. The fourth-order valence-corrected chi connectivity index (χ4v) is 8.75. The maximum atomic E-state index is 14.6. The number of piperazine rings is 1. The lowest BCUT2D eigenvalue weighted by Crippen LogP contribution is -2.74. The van der Waals surface area contributed by atoms with Crippen molar-refractivity contribution in [3.63, 3.8) is 0 Å². The van der Waals surface area contributed by atoms with E-state index in [9.17, 15) is 23.7 Å². The van der Waals surface area contributed by atoms with Gasteiger partial charge in [0, 0.05) is 19.1 Å². The van der Waals surface area contributed by atoms with Gasteiger partial charge < -0.3 is 33.4 Å². The first-order chi connectivity index (χ1) is 25.1. The molecule has 14 nitrogen and oxygen atoms in total. The number of rotatable bonds is 16. The van der Waals surface area contributed by atoms with Crippen LogP contribution in [0.1, 0.15) is 92.6 Å². The molecule has 0 spiro atoms. The van der Waals surface area contributed by atoms with Gasteiger partial charge in [0.25, 0.3) is 11.8 Å². The van der Waals surface area contributed by atoms with Crippen LogP contribution >= 0.6 is 7.60 Å². The van der Waals surface area contributed by atoms with E-state index in [1.165, 1.54) is 5.06 Å². The summed E-state index contributed by atoms with van der Waals surface area (Å²) in [7, 11) is -1.76. The number of hydrogen-bond donors (Lipinski definition) is 0. The second kappa shape index (κ2) is 19.0. The molecule has 3 atom stereocenters. The zero-order valence-electron chi connectivity index (χ0n) is 33.0. The van der Waals surface area contributed by atoms with Crippen molar-refractivity contribution in [1.29, 1.82) is 0 Å². The van der Waals surface area contributed by atoms with Gasteiger partial charge in [0.1, 0.15) is 17.8 Å². The molecule has 4 amide bonds. The van der Waals surface area contributed by atoms with Crippen LogP contribution in [0.15, 0.2) is 30.3 Å². The van der Waals surface area contributed by atoms with Crippen molar-refractivity contribution < 1.29 is 42.4 Å². The summed E-state index contributed by atoms with van der Waals surface area (Å²) in [6.07, 6.45) is 0.330. The number of nitrogens with zero attached hydrogens (tertiary/aromatic N) is 5. The molecule has 0 N–H and O–H groups in total. The van der Waals surface area contributed by atoms with E-state index in [2.05, 4.69) is 11.9 Å². The summed E-state index contributed by atoms with van der Waals surface area (Å²) in [6, 6.07) is 8.77. The topological polar surface area (TPSA) is 138 Å². The molecule has 0 bridgehead atoms. The Morgan fingerprint density at radius 1 is 1.00 bits per heavy atom. The van der Waals surface area contributed by atoms with Crippen molar-refractivity contribution in [3.05, 3.63) is 35.9 Å². The predicted molar refractivity (Wildman–Crippen MR) is 200 cm³/mol. The van der Waals surface area contributed by atoms with Gasteiger partial charge in [-0.05, 0) is 105 Å². The molecule has 4 rings (SSSR count). The van der Waals surface area contributed by atoms with Crippen LogP contribution in [-0.2, 0) is 44.1 Å². The van der Waals surface area contributed by atoms with E-state index in [0.29, 0.717) is 38.8 Å². The number of fused-ring (bicyclic) bond motifs is 1. The normalized spacial score (nSPS) is 22.0. The average molecular weight is 764 g/mol. The third kappa shape index (κ3) is 11.7. The first-order valence-electron chi connectivity index (χ1n) is 19.3. The molecule has 0 aromatic heterocycles. The van der Waals surface area contributed by atoms with Crippen molar-refractivity contribution in [1.82, 2.24) is 24.7 Å². The first kappa shape index (κ1) is 42.7. The van der Waals surface area contributed by atoms with Gasteiger partial charge in [-0.3, -0.25) is 23.8 Å². The van der Waals surface area contributed by atoms with E-state index in [1.807, 2.05) is 69.9 Å². The summed E-state index contributed by atoms with van der Waals surface area (Å²) in [5.74, 6) is -1.07. The molecular weight excluding hydrogens is 701 g/mol. The van der Waals surface area contributed by atoms with Crippen LogP contribution in [0.3, 0.4) is 0 Å². The second-order valence-corrected chi connectivity index (χ2v) is 17.8. The molecule has 0 radical (unpaired) electrons. The van der Waals surface area contributed by atoms with E-state index in [4.69, 9.17) is 18.6 Å². The molecule has 3 aliphatic heterocycles. The number of unbranched alkanes of at least 4 members (excludes halogenated alkanes) is 1. The smallest absolute Gasteiger partial charge is 0.410 e. The zero-order chi connectivity index (χ0) is 38.9. The number of piperidine rings is 1. The maximum absolute atomic E-state index is 14.6. The average Bonchev–Trinajstić information content (AvgIpc) is 3.08. The van der Waals surface area contributed by atoms with Crippen LogP contribution in [-0.4, -0.2) is 131 Å². The summed E-state index contributed by atoms with van der Waals surface area (Å²) in [5.41, 5.74) is 0.300. The van der Waals surface area contributed by atoms with Gasteiger partial charge in [-0.2, -0.15) is 5.06 Å². The first-order valence-corrected chi connectivity index (χ1v) is 21.0. The quantitative estimate of drug-likeness (QED) is 0.157. The minimum absolute atomic E-state index is 0.0496. The molecule has 0 unspecified atom stereocenters. The lowest BCUT2D eigenvalue weighted by Gasteiger charge is -2.55. The Hall–Kier alpha value is -3.03. The molecule has 1 aromatic rings. The van der Waals surface area contributed by atoms with E-state index in [1.54, 1.807) is 23.6 Å². The molecule has 1 aromatic carbocycles. The van der Waals surface area contributed by atoms with Crippen LogP contribution < -0.4 is 0 Å². The summed E-state index contributed by atoms with van der Waals surface area (Å²) in [4.78, 5) is 69.7. The van der Waals surface area contributed by atoms with Crippen molar-refractivity contribution in [2.75, 3.05) is 52.6 Å². The predicted octanol–water partition coefficient (Wildman–Crippen LogP) is 5.51. The number of hydrogen-bond acceptors (Lipinski definition) is 10. The minimum atomic E-state index is -3.81. The van der Waals surface area contributed by atoms with Gasteiger partial charge in [-0.1, -0.05) is 44.2 Å². The molecule has 3 fully saturated rings. The van der Waals surface area contributed by atoms with Gasteiger partial charge in [-0.15, -0.1) is 0 Å². The number of carbonyl (C=O) groups is 4. The SMILES string of the molecule is CCOP(=O)(CC(=O)N1O[C@H](CC(C)C)C(=O)N2[C@@H]1CN(C1CCN(C)CC1)C(=O)[C@@H]2CCCCN(Cc1ccccc1)C(=O)OC(C)(C)C)OCC. The van der Waals surface area contributed by atoms with Crippen LogP contribution in [0.5, 0.6) is 0 Å². The molecule has 3 heterocycles. The second-order valence-electron chi connectivity index (χ2n) is 15.7. The summed E-state index contributed by atoms with van der Waals surface area (Å²) < 4.78 is 30.2. The summed E-state index contributed by atoms with van der Waals surface area (Å²) >= 11 is 0. The van der Waals surface area contributed by atoms with Crippen LogP contribution in [0.25, 0.3) is 0 Å². The highest BCUT2D eigenvalue weighted by molar-refractivity contribution is 7.54. The Balaban J connectivity index is 1.62. The molecule has 298 valence electrons. The Kier molecular flexibility index (Phi) is 15.3. The van der Waals surface area contributed by atoms with Crippen molar-refractivity contribution in [3.8, 4) is 0 Å². The fraction of sp³-hybridized carbons (Fsp3) is 0.737. The van der Waals surface area contributed by atoms with Gasteiger partial charge in [0.15, 0.2) is 12.3 Å². The minimum Gasteiger partial charge on any atom is -0.444 e. The van der Waals surface area contributed by atoms with Crippen LogP contribution in [0, 0.1) is 5.92 Å².